The minimum atomic E-state index is 0.953. The third kappa shape index (κ3) is 3.44. The Kier molecular flexibility index (Phi) is 4.39. The van der Waals surface area contributed by atoms with Gasteiger partial charge in [-0.2, -0.15) is 12.6 Å². The quantitative estimate of drug-likeness (QED) is 0.733. The van der Waals surface area contributed by atoms with Crippen LogP contribution >= 0.6 is 12.6 Å². The van der Waals surface area contributed by atoms with Gasteiger partial charge in [-0.1, -0.05) is 0 Å². The van der Waals surface area contributed by atoms with Crippen LogP contribution in [0, 0.1) is 6.92 Å². The zero-order chi connectivity index (χ0) is 9.68. The van der Waals surface area contributed by atoms with Gasteiger partial charge in [0.05, 0.1) is 6.26 Å². The van der Waals surface area contributed by atoms with Gasteiger partial charge in [-0.05, 0) is 38.8 Å². The highest BCUT2D eigenvalue weighted by atomic mass is 32.1. The van der Waals surface area contributed by atoms with Gasteiger partial charge in [0.15, 0.2) is 0 Å². The van der Waals surface area contributed by atoms with E-state index in [0.717, 1.165) is 31.0 Å². The first-order valence-corrected chi connectivity index (χ1v) is 5.19. The van der Waals surface area contributed by atoms with Crippen LogP contribution in [-0.4, -0.2) is 24.2 Å². The van der Waals surface area contributed by atoms with Crippen molar-refractivity contribution in [2.75, 3.05) is 19.3 Å². The average molecular weight is 199 g/mol. The third-order valence-corrected chi connectivity index (χ3v) is 2.42. The first-order chi connectivity index (χ1) is 6.24. The van der Waals surface area contributed by atoms with Crippen LogP contribution in [0.25, 0.3) is 0 Å². The van der Waals surface area contributed by atoms with Crippen LogP contribution in [0.15, 0.2) is 16.7 Å². The van der Waals surface area contributed by atoms with Crippen molar-refractivity contribution < 1.29 is 4.42 Å². The van der Waals surface area contributed by atoms with E-state index in [1.54, 1.807) is 6.26 Å². The van der Waals surface area contributed by atoms with Crippen LogP contribution < -0.4 is 0 Å². The maximum atomic E-state index is 5.23. The Labute approximate surface area is 85.3 Å². The van der Waals surface area contributed by atoms with Gasteiger partial charge in [-0.15, -0.1) is 0 Å². The SMILES string of the molecule is Cc1occc1CN(C)CCCS. The Morgan fingerprint density at radius 2 is 2.31 bits per heavy atom. The topological polar surface area (TPSA) is 16.4 Å². The number of furan rings is 1. The monoisotopic (exact) mass is 199 g/mol. The van der Waals surface area contributed by atoms with Crippen LogP contribution in [0.5, 0.6) is 0 Å². The zero-order valence-electron chi connectivity index (χ0n) is 8.29. The molecule has 3 heteroatoms. The predicted octanol–water partition coefficient (Wildman–Crippen LogP) is 2.34. The van der Waals surface area contributed by atoms with Gasteiger partial charge in [-0.3, -0.25) is 0 Å². The van der Waals surface area contributed by atoms with Gasteiger partial charge in [0.25, 0.3) is 0 Å². The molecule has 0 unspecified atom stereocenters. The van der Waals surface area contributed by atoms with Crippen LogP contribution in [0.3, 0.4) is 0 Å². The lowest BCUT2D eigenvalue weighted by Gasteiger charge is -2.14. The summed E-state index contributed by atoms with van der Waals surface area (Å²) < 4.78 is 5.23. The maximum absolute atomic E-state index is 5.23. The summed E-state index contributed by atoms with van der Waals surface area (Å²) in [4.78, 5) is 2.29. The highest BCUT2D eigenvalue weighted by molar-refractivity contribution is 7.80. The molecule has 0 bridgehead atoms. The van der Waals surface area contributed by atoms with E-state index >= 15 is 0 Å². The highest BCUT2D eigenvalue weighted by Gasteiger charge is 2.04. The molecule has 0 aliphatic carbocycles. The van der Waals surface area contributed by atoms with E-state index in [-0.39, 0.29) is 0 Å². The zero-order valence-corrected chi connectivity index (χ0v) is 9.18. The van der Waals surface area contributed by atoms with Crippen molar-refractivity contribution in [2.24, 2.45) is 0 Å². The molecule has 0 aromatic carbocycles. The van der Waals surface area contributed by atoms with Gasteiger partial charge in [-0.25, -0.2) is 0 Å². The van der Waals surface area contributed by atoms with E-state index in [0.29, 0.717) is 0 Å². The summed E-state index contributed by atoms with van der Waals surface area (Å²) in [6.45, 7) is 4.06. The van der Waals surface area contributed by atoms with Crippen LogP contribution in [0.4, 0.5) is 0 Å². The van der Waals surface area contributed by atoms with Crippen molar-refractivity contribution in [1.29, 1.82) is 0 Å². The molecule has 0 saturated carbocycles. The second kappa shape index (κ2) is 5.35. The highest BCUT2D eigenvalue weighted by Crippen LogP contribution is 2.10. The number of hydrogen-bond acceptors (Lipinski definition) is 3. The molecule has 0 N–H and O–H groups in total. The summed E-state index contributed by atoms with van der Waals surface area (Å²) in [7, 11) is 2.12. The molecule has 2 nitrogen and oxygen atoms in total. The molecule has 1 rings (SSSR count). The summed E-state index contributed by atoms with van der Waals surface area (Å²) in [5, 5.41) is 0. The lowest BCUT2D eigenvalue weighted by molar-refractivity contribution is 0.326. The summed E-state index contributed by atoms with van der Waals surface area (Å²) >= 11 is 4.18. The Balaban J connectivity index is 2.36. The molecule has 74 valence electrons. The van der Waals surface area contributed by atoms with Gasteiger partial charge >= 0.3 is 0 Å². The van der Waals surface area contributed by atoms with Crippen LogP contribution in [0.2, 0.25) is 0 Å². The lowest BCUT2D eigenvalue weighted by Crippen LogP contribution is -2.19. The van der Waals surface area contributed by atoms with Crippen molar-refractivity contribution in [3.63, 3.8) is 0 Å². The molecular formula is C10H17NOS. The largest absolute Gasteiger partial charge is 0.469 e. The molecule has 1 aromatic heterocycles. The second-order valence-electron chi connectivity index (χ2n) is 3.32. The minimum absolute atomic E-state index is 0.953. The molecule has 1 aromatic rings. The first kappa shape index (κ1) is 10.7. The molecule has 0 amide bonds. The molecule has 1 heterocycles. The van der Waals surface area contributed by atoms with Gasteiger partial charge in [0.1, 0.15) is 5.76 Å². The molecule has 0 aliphatic heterocycles. The van der Waals surface area contributed by atoms with E-state index in [4.69, 9.17) is 4.42 Å². The van der Waals surface area contributed by atoms with E-state index < -0.39 is 0 Å². The van der Waals surface area contributed by atoms with Gasteiger partial charge < -0.3 is 9.32 Å². The van der Waals surface area contributed by atoms with Gasteiger partial charge in [0, 0.05) is 12.1 Å². The molecular weight excluding hydrogens is 182 g/mol. The Hall–Kier alpha value is -0.410. The molecule has 0 radical (unpaired) electrons. The molecule has 13 heavy (non-hydrogen) atoms. The van der Waals surface area contributed by atoms with Crippen molar-refractivity contribution in [3.8, 4) is 0 Å². The number of rotatable bonds is 5. The minimum Gasteiger partial charge on any atom is -0.469 e. The second-order valence-corrected chi connectivity index (χ2v) is 3.76. The van der Waals surface area contributed by atoms with Crippen molar-refractivity contribution in [2.45, 2.75) is 19.9 Å². The third-order valence-electron chi connectivity index (χ3n) is 2.10. The fourth-order valence-corrected chi connectivity index (χ4v) is 1.43. The number of thiol groups is 1. The summed E-state index contributed by atoms with van der Waals surface area (Å²) in [5.74, 6) is 1.98. The van der Waals surface area contributed by atoms with Crippen LogP contribution in [-0.2, 0) is 6.54 Å². The Bertz CT molecular complexity index is 247. The molecule has 0 saturated heterocycles. The molecule has 0 fully saturated rings. The first-order valence-electron chi connectivity index (χ1n) is 4.56. The van der Waals surface area contributed by atoms with E-state index in [9.17, 15) is 0 Å². The van der Waals surface area contributed by atoms with Crippen molar-refractivity contribution in [3.05, 3.63) is 23.7 Å². The van der Waals surface area contributed by atoms with Crippen molar-refractivity contribution >= 4 is 12.6 Å². The van der Waals surface area contributed by atoms with E-state index in [1.165, 1.54) is 5.56 Å². The number of aryl methyl sites for hydroxylation is 1. The standard InChI is InChI=1S/C10H17NOS/c1-9-10(4-6-12-9)8-11(2)5-3-7-13/h4,6,13H,3,5,7-8H2,1-2H3. The van der Waals surface area contributed by atoms with Gasteiger partial charge in [0.2, 0.25) is 0 Å². The molecule has 0 aliphatic rings. The number of hydrogen-bond donors (Lipinski definition) is 1. The maximum Gasteiger partial charge on any atom is 0.105 e. The summed E-state index contributed by atoms with van der Waals surface area (Å²) in [5.41, 5.74) is 1.28. The Morgan fingerprint density at radius 1 is 1.54 bits per heavy atom. The van der Waals surface area contributed by atoms with Crippen LogP contribution in [0.1, 0.15) is 17.7 Å². The van der Waals surface area contributed by atoms with E-state index in [2.05, 4.69) is 24.6 Å². The predicted molar refractivity (Wildman–Crippen MR) is 58.2 cm³/mol. The molecule has 0 spiro atoms. The smallest absolute Gasteiger partial charge is 0.105 e. The average Bonchev–Trinajstić information content (AvgIpc) is 2.48. The van der Waals surface area contributed by atoms with E-state index in [1.807, 2.05) is 13.0 Å². The summed E-state index contributed by atoms with van der Waals surface area (Å²) in [6, 6.07) is 2.03. The fraction of sp³-hybridized carbons (Fsp3) is 0.600. The lowest BCUT2D eigenvalue weighted by atomic mass is 10.2. The normalized spacial score (nSPS) is 11.1. The number of nitrogens with zero attached hydrogens (tertiary/aromatic N) is 1. The summed E-state index contributed by atoms with van der Waals surface area (Å²) in [6.07, 6.45) is 2.88. The Morgan fingerprint density at radius 3 is 2.85 bits per heavy atom. The fourth-order valence-electron chi connectivity index (χ4n) is 1.29. The van der Waals surface area contributed by atoms with Crippen molar-refractivity contribution in [1.82, 2.24) is 4.90 Å². The molecule has 0 atom stereocenters.